The molecule has 118 valence electrons. The van der Waals surface area contributed by atoms with Crippen LogP contribution in [0.1, 0.15) is 39.0 Å². The smallest absolute Gasteiger partial charge is 0.326 e. The van der Waals surface area contributed by atoms with Crippen molar-refractivity contribution in [3.8, 4) is 0 Å². The van der Waals surface area contributed by atoms with Crippen molar-refractivity contribution in [2.75, 3.05) is 0 Å². The minimum absolute atomic E-state index is 0.148. The van der Waals surface area contributed by atoms with E-state index in [4.69, 9.17) is 10.3 Å². The van der Waals surface area contributed by atoms with Crippen LogP contribution in [0.5, 0.6) is 0 Å². The minimum Gasteiger partial charge on any atom is -0.480 e. The molecule has 3 amide bonds. The van der Waals surface area contributed by atoms with Crippen molar-refractivity contribution in [1.82, 2.24) is 10.4 Å². The highest BCUT2D eigenvalue weighted by molar-refractivity contribution is 6.00. The number of rotatable bonds is 6. The number of carbonyl (C=O) groups excluding carboxylic acids is 3. The molecule has 8 heteroatoms. The first kappa shape index (κ1) is 18.8. The predicted octanol–water partition coefficient (Wildman–Crippen LogP) is 0.457. The number of hydrogen-bond donors (Lipinski definition) is 3. The van der Waals surface area contributed by atoms with Gasteiger partial charge in [-0.1, -0.05) is 26.3 Å². The Morgan fingerprint density at radius 1 is 1.38 bits per heavy atom. The SMILES string of the molecule is C=CC(=O)NC(CCCC)C(=O)O.O=C1CCC(=O)N1O. The summed E-state index contributed by atoms with van der Waals surface area (Å²) < 4.78 is 0. The lowest BCUT2D eigenvalue weighted by Crippen LogP contribution is -2.39. The highest BCUT2D eigenvalue weighted by Gasteiger charge is 2.26. The Morgan fingerprint density at radius 2 is 1.90 bits per heavy atom. The topological polar surface area (TPSA) is 124 Å². The number of aliphatic carboxylic acids is 1. The summed E-state index contributed by atoms with van der Waals surface area (Å²) in [4.78, 5) is 41.9. The van der Waals surface area contributed by atoms with E-state index in [-0.39, 0.29) is 17.9 Å². The fourth-order valence-corrected chi connectivity index (χ4v) is 1.46. The van der Waals surface area contributed by atoms with Crippen LogP contribution in [0, 0.1) is 0 Å². The lowest BCUT2D eigenvalue weighted by Gasteiger charge is -2.11. The van der Waals surface area contributed by atoms with Crippen molar-refractivity contribution < 1.29 is 29.5 Å². The van der Waals surface area contributed by atoms with Crippen molar-refractivity contribution in [3.05, 3.63) is 12.7 Å². The van der Waals surface area contributed by atoms with Gasteiger partial charge in [0.25, 0.3) is 11.8 Å². The van der Waals surface area contributed by atoms with E-state index >= 15 is 0 Å². The first-order valence-corrected chi connectivity index (χ1v) is 6.53. The zero-order chi connectivity index (χ0) is 16.4. The summed E-state index contributed by atoms with van der Waals surface area (Å²) in [6.45, 7) is 5.21. The minimum atomic E-state index is -0.997. The van der Waals surface area contributed by atoms with E-state index in [1.807, 2.05) is 6.92 Å². The molecular weight excluding hydrogens is 280 g/mol. The summed E-state index contributed by atoms with van der Waals surface area (Å²) in [5.74, 6) is -2.45. The molecule has 1 aliphatic heterocycles. The fraction of sp³-hybridized carbons (Fsp3) is 0.538. The fourth-order valence-electron chi connectivity index (χ4n) is 1.46. The Morgan fingerprint density at radius 3 is 2.19 bits per heavy atom. The van der Waals surface area contributed by atoms with Gasteiger partial charge in [0.2, 0.25) is 5.91 Å². The van der Waals surface area contributed by atoms with Crippen LogP contribution >= 0.6 is 0 Å². The average molecular weight is 300 g/mol. The molecule has 0 bridgehead atoms. The van der Waals surface area contributed by atoms with Gasteiger partial charge in [0.15, 0.2) is 0 Å². The largest absolute Gasteiger partial charge is 0.480 e. The summed E-state index contributed by atoms with van der Waals surface area (Å²) in [7, 11) is 0. The standard InChI is InChI=1S/C9H15NO3.C4H5NO3/c1-3-5-6-7(9(12)13)10-8(11)4-2;6-3-1-2-4(7)5(3)8/h4,7H,2-3,5-6H2,1H3,(H,10,11)(H,12,13);8H,1-2H2. The summed E-state index contributed by atoms with van der Waals surface area (Å²) in [5, 5.41) is 19.6. The van der Waals surface area contributed by atoms with Crippen LogP contribution in [-0.4, -0.2) is 45.1 Å². The Hall–Kier alpha value is -2.22. The maximum absolute atomic E-state index is 10.8. The molecule has 0 aliphatic carbocycles. The van der Waals surface area contributed by atoms with Crippen LogP contribution < -0.4 is 5.32 Å². The van der Waals surface area contributed by atoms with Crippen molar-refractivity contribution in [2.24, 2.45) is 0 Å². The van der Waals surface area contributed by atoms with E-state index in [2.05, 4.69) is 11.9 Å². The maximum Gasteiger partial charge on any atom is 0.326 e. The van der Waals surface area contributed by atoms with Crippen LogP contribution in [0.3, 0.4) is 0 Å². The second-order valence-electron chi connectivity index (χ2n) is 4.35. The molecule has 0 spiro atoms. The molecule has 1 fully saturated rings. The Labute approximate surface area is 122 Å². The van der Waals surface area contributed by atoms with E-state index < -0.39 is 29.7 Å². The van der Waals surface area contributed by atoms with E-state index in [1.165, 1.54) is 0 Å². The molecule has 1 heterocycles. The van der Waals surface area contributed by atoms with Crippen molar-refractivity contribution in [1.29, 1.82) is 0 Å². The van der Waals surface area contributed by atoms with Gasteiger partial charge < -0.3 is 10.4 Å². The zero-order valence-electron chi connectivity index (χ0n) is 11.9. The quantitative estimate of drug-likeness (QED) is 0.372. The predicted molar refractivity (Wildman–Crippen MR) is 72.2 cm³/mol. The summed E-state index contributed by atoms with van der Waals surface area (Å²) >= 11 is 0. The number of nitrogens with one attached hydrogen (secondary N) is 1. The molecule has 0 aromatic carbocycles. The van der Waals surface area contributed by atoms with E-state index in [0.29, 0.717) is 6.42 Å². The normalized spacial score (nSPS) is 15.0. The molecule has 0 radical (unpaired) electrons. The first-order chi connectivity index (χ1) is 9.83. The van der Waals surface area contributed by atoms with Crippen LogP contribution in [0.15, 0.2) is 12.7 Å². The summed E-state index contributed by atoms with van der Waals surface area (Å²) in [5.41, 5.74) is 0. The third kappa shape index (κ3) is 7.21. The molecule has 21 heavy (non-hydrogen) atoms. The third-order valence-corrected chi connectivity index (χ3v) is 2.67. The summed E-state index contributed by atoms with van der Waals surface area (Å²) in [6, 6.07) is -0.787. The molecule has 1 saturated heterocycles. The molecule has 1 atom stereocenters. The van der Waals surface area contributed by atoms with Gasteiger partial charge in [0.1, 0.15) is 6.04 Å². The number of unbranched alkanes of at least 4 members (excludes halogenated alkanes) is 1. The van der Waals surface area contributed by atoms with Gasteiger partial charge in [0.05, 0.1) is 0 Å². The molecule has 1 unspecified atom stereocenters. The number of hydroxylamine groups is 2. The lowest BCUT2D eigenvalue weighted by atomic mass is 10.1. The lowest BCUT2D eigenvalue weighted by molar-refractivity contribution is -0.171. The van der Waals surface area contributed by atoms with Gasteiger partial charge in [-0.25, -0.2) is 4.79 Å². The molecule has 1 aliphatic rings. The van der Waals surface area contributed by atoms with Crippen molar-refractivity contribution >= 4 is 23.7 Å². The number of carboxylic acid groups (broad SMARTS) is 1. The number of carbonyl (C=O) groups is 4. The number of hydrogen-bond acceptors (Lipinski definition) is 5. The summed E-state index contributed by atoms with van der Waals surface area (Å²) in [6.07, 6.45) is 3.53. The average Bonchev–Trinajstić information content (AvgIpc) is 2.74. The number of amides is 3. The molecule has 8 nitrogen and oxygen atoms in total. The molecule has 1 rings (SSSR count). The molecule has 0 aromatic rings. The monoisotopic (exact) mass is 300 g/mol. The van der Waals surface area contributed by atoms with Gasteiger partial charge in [-0.3, -0.25) is 19.6 Å². The highest BCUT2D eigenvalue weighted by atomic mass is 16.5. The molecule has 3 N–H and O–H groups in total. The highest BCUT2D eigenvalue weighted by Crippen LogP contribution is 2.07. The van der Waals surface area contributed by atoms with E-state index in [9.17, 15) is 19.2 Å². The van der Waals surface area contributed by atoms with E-state index in [0.717, 1.165) is 18.9 Å². The number of imide groups is 1. The molecular formula is C13H20N2O6. The molecule has 0 aromatic heterocycles. The number of nitrogens with zero attached hydrogens (tertiary/aromatic N) is 1. The molecule has 0 saturated carbocycles. The van der Waals surface area contributed by atoms with Gasteiger partial charge in [-0.05, 0) is 12.5 Å². The van der Waals surface area contributed by atoms with Gasteiger partial charge in [-0.15, -0.1) is 0 Å². The van der Waals surface area contributed by atoms with Crippen LogP contribution in [0.25, 0.3) is 0 Å². The third-order valence-electron chi connectivity index (χ3n) is 2.67. The van der Waals surface area contributed by atoms with Gasteiger partial charge >= 0.3 is 5.97 Å². The maximum atomic E-state index is 10.8. The Balaban J connectivity index is 0.000000423. The van der Waals surface area contributed by atoms with Crippen LogP contribution in [0.2, 0.25) is 0 Å². The first-order valence-electron chi connectivity index (χ1n) is 6.53. The van der Waals surface area contributed by atoms with Crippen LogP contribution in [-0.2, 0) is 19.2 Å². The second kappa shape index (κ2) is 9.65. The van der Waals surface area contributed by atoms with Gasteiger partial charge in [-0.2, -0.15) is 5.06 Å². The van der Waals surface area contributed by atoms with Crippen molar-refractivity contribution in [3.63, 3.8) is 0 Å². The zero-order valence-corrected chi connectivity index (χ0v) is 11.9. The number of carboxylic acids is 1. The van der Waals surface area contributed by atoms with E-state index in [1.54, 1.807) is 0 Å². The van der Waals surface area contributed by atoms with Gasteiger partial charge in [0, 0.05) is 12.8 Å². The van der Waals surface area contributed by atoms with Crippen LogP contribution in [0.4, 0.5) is 0 Å². The van der Waals surface area contributed by atoms with Crippen molar-refractivity contribution in [2.45, 2.75) is 45.1 Å². The Kier molecular flexibility index (Phi) is 8.63. The Bertz CT molecular complexity index is 405. The second-order valence-corrected chi connectivity index (χ2v) is 4.35.